The van der Waals surface area contributed by atoms with Gasteiger partial charge in [0.1, 0.15) is 0 Å². The number of nitro benzene ring substituents is 1. The molecule has 26 heavy (non-hydrogen) atoms. The van der Waals surface area contributed by atoms with E-state index in [1.807, 2.05) is 19.1 Å². The van der Waals surface area contributed by atoms with Gasteiger partial charge in [0, 0.05) is 24.7 Å². The van der Waals surface area contributed by atoms with Crippen LogP contribution in [0.15, 0.2) is 53.5 Å². The van der Waals surface area contributed by atoms with E-state index in [4.69, 9.17) is 0 Å². The lowest BCUT2D eigenvalue weighted by atomic mass is 10.1. The second kappa shape index (κ2) is 11.5. The van der Waals surface area contributed by atoms with Gasteiger partial charge < -0.3 is 10.6 Å². The van der Waals surface area contributed by atoms with Gasteiger partial charge in [-0.2, -0.15) is 0 Å². The number of halogens is 1. The van der Waals surface area contributed by atoms with Gasteiger partial charge in [-0.1, -0.05) is 49.4 Å². The van der Waals surface area contributed by atoms with Gasteiger partial charge in [-0.15, -0.1) is 24.0 Å². The molecule has 0 fully saturated rings. The molecule has 0 saturated heterocycles. The lowest BCUT2D eigenvalue weighted by Crippen LogP contribution is -2.36. The van der Waals surface area contributed by atoms with Gasteiger partial charge in [0.05, 0.1) is 11.5 Å². The van der Waals surface area contributed by atoms with E-state index in [0.717, 1.165) is 13.0 Å². The van der Waals surface area contributed by atoms with E-state index in [0.29, 0.717) is 24.6 Å². The molecule has 0 aromatic heterocycles. The van der Waals surface area contributed by atoms with E-state index in [2.05, 4.69) is 34.7 Å². The summed E-state index contributed by atoms with van der Waals surface area (Å²) in [6.45, 7) is 5.75. The number of aliphatic imine (C=N–C) groups is 1. The average molecular weight is 468 g/mol. The Morgan fingerprint density at radius 3 is 2.23 bits per heavy atom. The molecular formula is C19H25IN4O2. The fourth-order valence-electron chi connectivity index (χ4n) is 2.58. The second-order valence-electron chi connectivity index (χ2n) is 5.56. The van der Waals surface area contributed by atoms with Gasteiger partial charge in [-0.3, -0.25) is 10.1 Å². The van der Waals surface area contributed by atoms with E-state index < -0.39 is 0 Å². The van der Waals surface area contributed by atoms with Crippen LogP contribution in [0, 0.1) is 10.1 Å². The summed E-state index contributed by atoms with van der Waals surface area (Å²) in [4.78, 5) is 15.3. The van der Waals surface area contributed by atoms with Crippen LogP contribution in [0.25, 0.3) is 0 Å². The molecule has 0 aliphatic carbocycles. The fourth-order valence-corrected chi connectivity index (χ4v) is 2.58. The first kappa shape index (κ1) is 21.9. The Bertz CT molecular complexity index is 750. The molecule has 0 bridgehead atoms. The number of hydrogen-bond donors (Lipinski definition) is 2. The van der Waals surface area contributed by atoms with Crippen LogP contribution in [0.4, 0.5) is 5.69 Å². The number of para-hydroxylation sites is 1. The highest BCUT2D eigenvalue weighted by Gasteiger charge is 2.12. The number of rotatable bonds is 7. The SMILES string of the molecule is CCNC(=NCc1ccccc1CC)NCc1ccccc1[N+](=O)[O-].I. The van der Waals surface area contributed by atoms with Crippen LogP contribution in [0.3, 0.4) is 0 Å². The topological polar surface area (TPSA) is 79.6 Å². The molecule has 140 valence electrons. The Hall–Kier alpha value is -2.16. The number of aryl methyl sites for hydroxylation is 1. The van der Waals surface area contributed by atoms with Gasteiger partial charge in [0.15, 0.2) is 5.96 Å². The molecule has 0 spiro atoms. The molecule has 7 heteroatoms. The molecule has 2 aromatic carbocycles. The summed E-state index contributed by atoms with van der Waals surface area (Å²) in [7, 11) is 0. The highest BCUT2D eigenvalue weighted by atomic mass is 127. The molecule has 0 saturated carbocycles. The largest absolute Gasteiger partial charge is 0.357 e. The third kappa shape index (κ3) is 6.29. The van der Waals surface area contributed by atoms with Gasteiger partial charge in [0.25, 0.3) is 5.69 Å². The second-order valence-corrected chi connectivity index (χ2v) is 5.56. The van der Waals surface area contributed by atoms with Crippen molar-refractivity contribution in [3.05, 3.63) is 75.3 Å². The van der Waals surface area contributed by atoms with Crippen molar-refractivity contribution in [2.24, 2.45) is 4.99 Å². The number of nitro groups is 1. The number of benzene rings is 2. The Balaban J connectivity index is 0.00000338. The Labute approximate surface area is 171 Å². The summed E-state index contributed by atoms with van der Waals surface area (Å²) in [6, 6.07) is 15.0. The first-order valence-corrected chi connectivity index (χ1v) is 8.47. The highest BCUT2D eigenvalue weighted by molar-refractivity contribution is 14.0. The van der Waals surface area contributed by atoms with Crippen molar-refractivity contribution in [2.45, 2.75) is 33.4 Å². The number of hydrogen-bond acceptors (Lipinski definition) is 3. The van der Waals surface area contributed by atoms with Crippen LogP contribution in [0.1, 0.15) is 30.5 Å². The molecule has 0 atom stereocenters. The van der Waals surface area contributed by atoms with E-state index in [-0.39, 0.29) is 34.6 Å². The molecule has 2 aromatic rings. The number of nitrogens with one attached hydrogen (secondary N) is 2. The fraction of sp³-hybridized carbons (Fsp3) is 0.316. The van der Waals surface area contributed by atoms with Crippen LogP contribution < -0.4 is 10.6 Å². The molecule has 6 nitrogen and oxygen atoms in total. The van der Waals surface area contributed by atoms with Crippen molar-refractivity contribution in [2.75, 3.05) is 6.54 Å². The molecule has 2 N–H and O–H groups in total. The third-order valence-corrected chi connectivity index (χ3v) is 3.89. The van der Waals surface area contributed by atoms with Crippen LogP contribution >= 0.6 is 24.0 Å². The van der Waals surface area contributed by atoms with Crippen molar-refractivity contribution in [3.8, 4) is 0 Å². The van der Waals surface area contributed by atoms with Crippen molar-refractivity contribution in [1.82, 2.24) is 10.6 Å². The lowest BCUT2D eigenvalue weighted by molar-refractivity contribution is -0.385. The third-order valence-electron chi connectivity index (χ3n) is 3.89. The summed E-state index contributed by atoms with van der Waals surface area (Å²) in [5.74, 6) is 0.645. The predicted octanol–water partition coefficient (Wildman–Crippen LogP) is 4.03. The van der Waals surface area contributed by atoms with E-state index in [9.17, 15) is 10.1 Å². The molecule has 0 unspecified atom stereocenters. The summed E-state index contributed by atoms with van der Waals surface area (Å²) >= 11 is 0. The molecule has 0 aliphatic rings. The van der Waals surface area contributed by atoms with Crippen molar-refractivity contribution >= 4 is 35.6 Å². The average Bonchev–Trinajstić information content (AvgIpc) is 2.64. The summed E-state index contributed by atoms with van der Waals surface area (Å²) in [5.41, 5.74) is 3.21. The molecule has 0 radical (unpaired) electrons. The number of guanidine groups is 1. The first-order chi connectivity index (χ1) is 12.2. The predicted molar refractivity (Wildman–Crippen MR) is 116 cm³/mol. The van der Waals surface area contributed by atoms with Crippen LogP contribution in [0.2, 0.25) is 0 Å². The maximum absolute atomic E-state index is 11.1. The molecular weight excluding hydrogens is 443 g/mol. The zero-order valence-corrected chi connectivity index (χ0v) is 17.4. The molecule has 0 amide bonds. The van der Waals surface area contributed by atoms with E-state index in [1.165, 1.54) is 17.2 Å². The van der Waals surface area contributed by atoms with Gasteiger partial charge in [-0.25, -0.2) is 4.99 Å². The minimum Gasteiger partial charge on any atom is -0.357 e. The zero-order valence-electron chi connectivity index (χ0n) is 15.1. The molecule has 0 heterocycles. The van der Waals surface area contributed by atoms with Crippen LogP contribution in [-0.2, 0) is 19.5 Å². The minimum absolute atomic E-state index is 0. The number of nitrogens with zero attached hydrogens (tertiary/aromatic N) is 2. The first-order valence-electron chi connectivity index (χ1n) is 8.47. The Kier molecular flexibility index (Phi) is 9.64. The normalized spacial score (nSPS) is 10.8. The minimum atomic E-state index is -0.363. The van der Waals surface area contributed by atoms with Crippen LogP contribution in [-0.4, -0.2) is 17.4 Å². The van der Waals surface area contributed by atoms with E-state index >= 15 is 0 Å². The van der Waals surface area contributed by atoms with Gasteiger partial charge >= 0.3 is 0 Å². The highest BCUT2D eigenvalue weighted by Crippen LogP contribution is 2.17. The van der Waals surface area contributed by atoms with Crippen LogP contribution in [0.5, 0.6) is 0 Å². The Morgan fingerprint density at radius 1 is 1.00 bits per heavy atom. The van der Waals surface area contributed by atoms with Crippen molar-refractivity contribution < 1.29 is 4.92 Å². The van der Waals surface area contributed by atoms with Crippen molar-refractivity contribution in [1.29, 1.82) is 0 Å². The Morgan fingerprint density at radius 2 is 1.62 bits per heavy atom. The van der Waals surface area contributed by atoms with Gasteiger partial charge in [0.2, 0.25) is 0 Å². The molecule has 0 aliphatic heterocycles. The van der Waals surface area contributed by atoms with Gasteiger partial charge in [-0.05, 0) is 24.5 Å². The monoisotopic (exact) mass is 468 g/mol. The zero-order chi connectivity index (χ0) is 18.1. The van der Waals surface area contributed by atoms with Crippen molar-refractivity contribution in [3.63, 3.8) is 0 Å². The molecule has 2 rings (SSSR count). The quantitative estimate of drug-likeness (QED) is 0.212. The van der Waals surface area contributed by atoms with E-state index in [1.54, 1.807) is 18.2 Å². The maximum Gasteiger partial charge on any atom is 0.274 e. The summed E-state index contributed by atoms with van der Waals surface area (Å²) in [5, 5.41) is 17.5. The lowest BCUT2D eigenvalue weighted by Gasteiger charge is -2.12. The summed E-state index contributed by atoms with van der Waals surface area (Å²) in [6.07, 6.45) is 0.964. The maximum atomic E-state index is 11.1. The summed E-state index contributed by atoms with van der Waals surface area (Å²) < 4.78 is 0. The standard InChI is InChI=1S/C19H24N4O2.HI/c1-3-15-9-5-6-10-16(15)13-21-19(20-4-2)22-14-17-11-7-8-12-18(17)23(24)25;/h5-12H,3-4,13-14H2,1-2H3,(H2,20,21,22);1H. The smallest absolute Gasteiger partial charge is 0.274 e.